The number of carbonyl (C=O) groups is 1. The van der Waals surface area contributed by atoms with E-state index in [-0.39, 0.29) is 17.4 Å². The van der Waals surface area contributed by atoms with Gasteiger partial charge in [0.1, 0.15) is 15.9 Å². The molecule has 1 aromatic rings. The van der Waals surface area contributed by atoms with Gasteiger partial charge in [-0.15, -0.1) is 11.3 Å². The first kappa shape index (κ1) is 14.6. The van der Waals surface area contributed by atoms with Gasteiger partial charge in [0.05, 0.1) is 24.0 Å². The summed E-state index contributed by atoms with van der Waals surface area (Å²) in [4.78, 5) is 13.9. The van der Waals surface area contributed by atoms with Crippen molar-refractivity contribution in [3.05, 3.63) is 10.4 Å². The number of nitrogens with two attached hydrogens (primary N) is 2. The lowest BCUT2D eigenvalue weighted by atomic mass is 10.2. The molecule has 20 heavy (non-hydrogen) atoms. The van der Waals surface area contributed by atoms with Crippen LogP contribution in [0.2, 0.25) is 0 Å². The summed E-state index contributed by atoms with van der Waals surface area (Å²) in [5.41, 5.74) is 11.4. The molecule has 0 spiro atoms. The van der Waals surface area contributed by atoms with Crippen molar-refractivity contribution in [2.24, 2.45) is 5.73 Å². The number of likely N-dealkylation sites (N-methyl/N-ethyl adjacent to an activating group) is 1. The highest BCUT2D eigenvalue weighted by Gasteiger charge is 2.22. The molecule has 0 aromatic carbocycles. The molecule has 1 fully saturated rings. The molecule has 1 aliphatic heterocycles. The van der Waals surface area contributed by atoms with Gasteiger partial charge in [-0.3, -0.25) is 4.79 Å². The lowest BCUT2D eigenvalue weighted by Crippen LogP contribution is -2.43. The van der Waals surface area contributed by atoms with Gasteiger partial charge < -0.3 is 26.4 Å². The van der Waals surface area contributed by atoms with E-state index in [9.17, 15) is 4.79 Å². The third-order valence-electron chi connectivity index (χ3n) is 3.13. The second-order valence-electron chi connectivity index (χ2n) is 4.66. The minimum absolute atomic E-state index is 0.0309. The number of ether oxygens (including phenoxy) is 1. The van der Waals surface area contributed by atoms with Gasteiger partial charge in [-0.05, 0) is 7.05 Å². The van der Waals surface area contributed by atoms with Crippen molar-refractivity contribution in [1.29, 1.82) is 5.26 Å². The van der Waals surface area contributed by atoms with Crippen LogP contribution in [0.15, 0.2) is 0 Å². The average Bonchev–Trinajstić information content (AvgIpc) is 2.73. The van der Waals surface area contributed by atoms with E-state index in [4.69, 9.17) is 21.5 Å². The predicted molar refractivity (Wildman–Crippen MR) is 77.7 cm³/mol. The van der Waals surface area contributed by atoms with Gasteiger partial charge in [0.15, 0.2) is 0 Å². The van der Waals surface area contributed by atoms with Crippen molar-refractivity contribution in [3.8, 4) is 6.07 Å². The summed E-state index contributed by atoms with van der Waals surface area (Å²) >= 11 is 1.14. The highest BCUT2D eigenvalue weighted by Crippen LogP contribution is 2.34. The Morgan fingerprint density at radius 2 is 2.45 bits per heavy atom. The minimum Gasteiger partial charge on any atom is -0.396 e. The van der Waals surface area contributed by atoms with Crippen molar-refractivity contribution in [2.45, 2.75) is 6.10 Å². The van der Waals surface area contributed by atoms with Crippen molar-refractivity contribution < 1.29 is 9.53 Å². The molecule has 1 atom stereocenters. The van der Waals surface area contributed by atoms with Crippen molar-refractivity contribution in [2.75, 3.05) is 44.3 Å². The largest absolute Gasteiger partial charge is 0.396 e. The fourth-order valence-electron chi connectivity index (χ4n) is 2.09. The maximum absolute atomic E-state index is 11.4. The molecular weight excluding hydrogens is 278 g/mol. The number of nitrogens with one attached hydrogen (secondary N) is 1. The van der Waals surface area contributed by atoms with Crippen LogP contribution < -0.4 is 16.8 Å². The average molecular weight is 295 g/mol. The molecule has 1 aliphatic rings. The number of primary amides is 1. The molecule has 1 aromatic heterocycles. The van der Waals surface area contributed by atoms with E-state index in [0.717, 1.165) is 24.4 Å². The van der Waals surface area contributed by atoms with Crippen LogP contribution >= 0.6 is 11.3 Å². The third kappa shape index (κ3) is 3.01. The van der Waals surface area contributed by atoms with Crippen molar-refractivity contribution in [3.63, 3.8) is 0 Å². The summed E-state index contributed by atoms with van der Waals surface area (Å²) in [6.07, 6.45) is 0.0309. The summed E-state index contributed by atoms with van der Waals surface area (Å²) < 4.78 is 5.62. The van der Waals surface area contributed by atoms with Crippen LogP contribution in [0.1, 0.15) is 15.2 Å². The zero-order valence-electron chi connectivity index (χ0n) is 11.2. The number of hydrogen-bond donors (Lipinski definition) is 3. The molecule has 7 nitrogen and oxygen atoms in total. The fourth-order valence-corrected chi connectivity index (χ4v) is 3.02. The van der Waals surface area contributed by atoms with Crippen LogP contribution in [0, 0.1) is 11.3 Å². The molecule has 8 heteroatoms. The SMILES string of the molecule is CN1CCOC(CNc2sc(C#N)c(N)c2C(N)=O)C1. The summed E-state index contributed by atoms with van der Waals surface area (Å²) in [7, 11) is 2.03. The standard InChI is InChI=1S/C12H17N5O2S/c1-17-2-3-19-7(6-17)5-16-12-9(11(15)18)10(14)8(4-13)20-12/h7,16H,2-3,5-6,14H2,1H3,(H2,15,18). The Labute approximate surface area is 121 Å². The summed E-state index contributed by atoms with van der Waals surface area (Å²) in [6, 6.07) is 1.96. The number of thiophene rings is 1. The van der Waals surface area contributed by atoms with Crippen LogP contribution in [-0.4, -0.2) is 50.2 Å². The Morgan fingerprint density at radius 1 is 1.70 bits per heavy atom. The van der Waals surface area contributed by atoms with E-state index in [0.29, 0.717) is 23.0 Å². The maximum atomic E-state index is 11.4. The Kier molecular flexibility index (Phi) is 4.44. The maximum Gasteiger partial charge on any atom is 0.253 e. The second-order valence-corrected chi connectivity index (χ2v) is 5.68. The molecule has 2 heterocycles. The van der Waals surface area contributed by atoms with Gasteiger partial charge >= 0.3 is 0 Å². The first-order chi connectivity index (χ1) is 9.52. The lowest BCUT2D eigenvalue weighted by Gasteiger charge is -2.30. The van der Waals surface area contributed by atoms with Gasteiger partial charge in [-0.1, -0.05) is 0 Å². The Balaban J connectivity index is 2.09. The van der Waals surface area contributed by atoms with E-state index >= 15 is 0 Å². The minimum atomic E-state index is -0.635. The van der Waals surface area contributed by atoms with E-state index in [1.165, 1.54) is 0 Å². The van der Waals surface area contributed by atoms with Crippen LogP contribution in [0.5, 0.6) is 0 Å². The summed E-state index contributed by atoms with van der Waals surface area (Å²) in [5, 5.41) is 12.6. The quantitative estimate of drug-likeness (QED) is 0.722. The zero-order valence-corrected chi connectivity index (χ0v) is 12.0. The Bertz CT molecular complexity index is 551. The molecule has 0 saturated carbocycles. The lowest BCUT2D eigenvalue weighted by molar-refractivity contribution is -0.0117. The molecule has 1 saturated heterocycles. The first-order valence-electron chi connectivity index (χ1n) is 6.19. The van der Waals surface area contributed by atoms with Gasteiger partial charge in [-0.2, -0.15) is 5.26 Å². The highest BCUT2D eigenvalue weighted by molar-refractivity contribution is 7.17. The number of morpholine rings is 1. The number of amides is 1. The van der Waals surface area contributed by atoms with E-state index in [2.05, 4.69) is 10.2 Å². The van der Waals surface area contributed by atoms with Crippen LogP contribution in [-0.2, 0) is 4.74 Å². The van der Waals surface area contributed by atoms with Crippen LogP contribution in [0.3, 0.4) is 0 Å². The van der Waals surface area contributed by atoms with Crippen LogP contribution in [0.25, 0.3) is 0 Å². The zero-order chi connectivity index (χ0) is 14.7. The highest BCUT2D eigenvalue weighted by atomic mass is 32.1. The molecule has 108 valence electrons. The van der Waals surface area contributed by atoms with Crippen molar-refractivity contribution in [1.82, 2.24) is 4.90 Å². The number of nitrogen functional groups attached to an aromatic ring is 1. The van der Waals surface area contributed by atoms with Crippen molar-refractivity contribution >= 4 is 27.9 Å². The monoisotopic (exact) mass is 295 g/mol. The van der Waals surface area contributed by atoms with Gasteiger partial charge in [0, 0.05) is 19.6 Å². The summed E-state index contributed by atoms with van der Waals surface area (Å²) in [5.74, 6) is -0.635. The molecule has 5 N–H and O–H groups in total. The number of carbonyl (C=O) groups excluding carboxylic acids is 1. The van der Waals surface area contributed by atoms with Gasteiger partial charge in [0.2, 0.25) is 0 Å². The van der Waals surface area contributed by atoms with E-state index in [1.54, 1.807) is 0 Å². The van der Waals surface area contributed by atoms with E-state index in [1.807, 2.05) is 13.1 Å². The first-order valence-corrected chi connectivity index (χ1v) is 7.00. The molecule has 0 aliphatic carbocycles. The second kappa shape index (κ2) is 6.09. The van der Waals surface area contributed by atoms with Crippen LogP contribution in [0.4, 0.5) is 10.7 Å². The molecular formula is C12H17N5O2S. The normalized spacial score (nSPS) is 19.5. The number of nitrogens with zero attached hydrogens (tertiary/aromatic N) is 2. The smallest absolute Gasteiger partial charge is 0.253 e. The Hall–Kier alpha value is -1.82. The Morgan fingerprint density at radius 3 is 3.05 bits per heavy atom. The molecule has 0 radical (unpaired) electrons. The fraction of sp³-hybridized carbons (Fsp3) is 0.500. The third-order valence-corrected chi connectivity index (χ3v) is 4.19. The number of hydrogen-bond acceptors (Lipinski definition) is 7. The van der Waals surface area contributed by atoms with E-state index < -0.39 is 5.91 Å². The predicted octanol–water partition coefficient (Wildman–Crippen LogP) is 0.0434. The molecule has 1 amide bonds. The molecule has 1 unspecified atom stereocenters. The molecule has 0 bridgehead atoms. The molecule has 2 rings (SSSR count). The number of nitriles is 1. The summed E-state index contributed by atoms with van der Waals surface area (Å²) in [6.45, 7) is 2.94. The van der Waals surface area contributed by atoms with Gasteiger partial charge in [0.25, 0.3) is 5.91 Å². The number of anilines is 2. The number of rotatable bonds is 4. The van der Waals surface area contributed by atoms with Gasteiger partial charge in [-0.25, -0.2) is 0 Å². The topological polar surface area (TPSA) is 117 Å².